The van der Waals surface area contributed by atoms with Crippen LogP contribution in [-0.2, 0) is 9.53 Å². The van der Waals surface area contributed by atoms with Crippen LogP contribution in [0.1, 0.15) is 52.9 Å². The summed E-state index contributed by atoms with van der Waals surface area (Å²) >= 11 is 0. The van der Waals surface area contributed by atoms with E-state index in [9.17, 15) is 4.79 Å². The van der Waals surface area contributed by atoms with Crippen molar-refractivity contribution in [3.8, 4) is 0 Å². The SMILES string of the molecule is C=CCCCC(=O)O/C(C)=C/CCC(C)C. The zero-order valence-electron chi connectivity index (χ0n) is 10.8. The van der Waals surface area contributed by atoms with E-state index in [0.717, 1.165) is 31.4 Å². The van der Waals surface area contributed by atoms with Gasteiger partial charge in [0.25, 0.3) is 0 Å². The molecule has 0 aliphatic carbocycles. The van der Waals surface area contributed by atoms with E-state index in [1.165, 1.54) is 0 Å². The Kier molecular flexibility index (Phi) is 8.59. The van der Waals surface area contributed by atoms with Crippen LogP contribution in [0.25, 0.3) is 0 Å². The van der Waals surface area contributed by atoms with E-state index in [1.807, 2.05) is 19.1 Å². The standard InChI is InChI=1S/C14H24O2/c1-5-6-7-11-14(15)16-13(4)10-8-9-12(2)3/h5,10,12H,1,6-9,11H2,2-4H3/b13-10+. The van der Waals surface area contributed by atoms with Crippen LogP contribution in [0.2, 0.25) is 0 Å². The molecule has 0 aromatic carbocycles. The lowest BCUT2D eigenvalue weighted by Gasteiger charge is -2.05. The molecule has 0 saturated heterocycles. The van der Waals surface area contributed by atoms with Gasteiger partial charge in [0.2, 0.25) is 0 Å². The third-order valence-corrected chi connectivity index (χ3v) is 2.24. The van der Waals surface area contributed by atoms with Crippen molar-refractivity contribution in [3.63, 3.8) is 0 Å². The van der Waals surface area contributed by atoms with Crippen LogP contribution >= 0.6 is 0 Å². The Hall–Kier alpha value is -1.05. The zero-order chi connectivity index (χ0) is 12.4. The van der Waals surface area contributed by atoms with Crippen molar-refractivity contribution in [2.75, 3.05) is 0 Å². The fraction of sp³-hybridized carbons (Fsp3) is 0.643. The summed E-state index contributed by atoms with van der Waals surface area (Å²) in [7, 11) is 0. The average molecular weight is 224 g/mol. The van der Waals surface area contributed by atoms with E-state index in [4.69, 9.17) is 4.74 Å². The highest BCUT2D eigenvalue weighted by molar-refractivity contribution is 5.70. The largest absolute Gasteiger partial charge is 0.432 e. The number of allylic oxidation sites excluding steroid dienone is 3. The smallest absolute Gasteiger partial charge is 0.310 e. The minimum Gasteiger partial charge on any atom is -0.432 e. The van der Waals surface area contributed by atoms with Gasteiger partial charge >= 0.3 is 5.97 Å². The number of carbonyl (C=O) groups excluding carboxylic acids is 1. The first-order chi connectivity index (χ1) is 7.56. The first kappa shape index (κ1) is 14.9. The fourth-order valence-electron chi connectivity index (χ4n) is 1.28. The molecular formula is C14H24O2. The maximum Gasteiger partial charge on any atom is 0.310 e. The van der Waals surface area contributed by atoms with Gasteiger partial charge in [-0.1, -0.05) is 19.9 Å². The van der Waals surface area contributed by atoms with Gasteiger partial charge in [0.15, 0.2) is 0 Å². The molecule has 92 valence electrons. The highest BCUT2D eigenvalue weighted by atomic mass is 16.5. The molecule has 0 atom stereocenters. The molecule has 0 aromatic heterocycles. The predicted molar refractivity (Wildman–Crippen MR) is 68.0 cm³/mol. The number of hydrogen-bond donors (Lipinski definition) is 0. The van der Waals surface area contributed by atoms with Gasteiger partial charge < -0.3 is 4.74 Å². The van der Waals surface area contributed by atoms with E-state index < -0.39 is 0 Å². The molecule has 0 amide bonds. The van der Waals surface area contributed by atoms with Crippen LogP contribution in [0, 0.1) is 5.92 Å². The maximum absolute atomic E-state index is 11.3. The van der Waals surface area contributed by atoms with E-state index in [-0.39, 0.29) is 5.97 Å². The van der Waals surface area contributed by atoms with Crippen molar-refractivity contribution in [1.82, 2.24) is 0 Å². The third kappa shape index (κ3) is 9.50. The Morgan fingerprint density at radius 1 is 1.38 bits per heavy atom. The molecule has 0 aromatic rings. The molecule has 0 aliphatic rings. The molecule has 0 radical (unpaired) electrons. The van der Waals surface area contributed by atoms with Gasteiger partial charge in [-0.3, -0.25) is 4.79 Å². The molecule has 0 heterocycles. The number of hydrogen-bond acceptors (Lipinski definition) is 2. The summed E-state index contributed by atoms with van der Waals surface area (Å²) in [5.41, 5.74) is 0. The molecule has 0 rings (SSSR count). The zero-order valence-corrected chi connectivity index (χ0v) is 10.8. The maximum atomic E-state index is 11.3. The normalized spacial score (nSPS) is 11.6. The lowest BCUT2D eigenvalue weighted by molar-refractivity contribution is -0.139. The summed E-state index contributed by atoms with van der Waals surface area (Å²) in [6.07, 6.45) is 8.08. The van der Waals surface area contributed by atoms with Gasteiger partial charge in [0, 0.05) is 6.42 Å². The van der Waals surface area contributed by atoms with Crippen LogP contribution < -0.4 is 0 Å². The highest BCUT2D eigenvalue weighted by Gasteiger charge is 2.02. The second kappa shape index (κ2) is 9.20. The van der Waals surface area contributed by atoms with Crippen LogP contribution in [0.15, 0.2) is 24.5 Å². The summed E-state index contributed by atoms with van der Waals surface area (Å²) < 4.78 is 5.17. The molecule has 16 heavy (non-hydrogen) atoms. The van der Waals surface area contributed by atoms with Gasteiger partial charge in [-0.2, -0.15) is 0 Å². The molecule has 0 unspecified atom stereocenters. The molecule has 0 saturated carbocycles. The Balaban J connectivity index is 3.71. The van der Waals surface area contributed by atoms with E-state index >= 15 is 0 Å². The Morgan fingerprint density at radius 3 is 2.62 bits per heavy atom. The van der Waals surface area contributed by atoms with Crippen molar-refractivity contribution < 1.29 is 9.53 Å². The second-order valence-electron chi connectivity index (χ2n) is 4.44. The minimum absolute atomic E-state index is 0.139. The molecule has 0 N–H and O–H groups in total. The van der Waals surface area contributed by atoms with Crippen molar-refractivity contribution in [2.45, 2.75) is 52.9 Å². The van der Waals surface area contributed by atoms with Crippen LogP contribution in [0.3, 0.4) is 0 Å². The van der Waals surface area contributed by atoms with E-state index in [1.54, 1.807) is 0 Å². The van der Waals surface area contributed by atoms with Crippen molar-refractivity contribution in [2.24, 2.45) is 5.92 Å². The molecule has 0 aliphatic heterocycles. The highest BCUT2D eigenvalue weighted by Crippen LogP contribution is 2.08. The average Bonchev–Trinajstić information content (AvgIpc) is 2.17. The van der Waals surface area contributed by atoms with Gasteiger partial charge in [0.05, 0.1) is 0 Å². The lowest BCUT2D eigenvalue weighted by Crippen LogP contribution is -2.02. The van der Waals surface area contributed by atoms with Gasteiger partial charge in [-0.15, -0.1) is 6.58 Å². The molecule has 2 heteroatoms. The van der Waals surface area contributed by atoms with Crippen molar-refractivity contribution in [3.05, 3.63) is 24.5 Å². The molecule has 0 bridgehead atoms. The summed E-state index contributed by atoms with van der Waals surface area (Å²) in [5, 5.41) is 0. The van der Waals surface area contributed by atoms with Crippen LogP contribution in [-0.4, -0.2) is 5.97 Å². The molecule has 2 nitrogen and oxygen atoms in total. The van der Waals surface area contributed by atoms with Crippen molar-refractivity contribution >= 4 is 5.97 Å². The monoisotopic (exact) mass is 224 g/mol. The van der Waals surface area contributed by atoms with Crippen molar-refractivity contribution in [1.29, 1.82) is 0 Å². The molecule has 0 fully saturated rings. The van der Waals surface area contributed by atoms with E-state index in [2.05, 4.69) is 20.4 Å². The number of unbranched alkanes of at least 4 members (excludes halogenated alkanes) is 1. The van der Waals surface area contributed by atoms with Gasteiger partial charge in [-0.05, 0) is 44.6 Å². The first-order valence-corrected chi connectivity index (χ1v) is 6.04. The van der Waals surface area contributed by atoms with Crippen LogP contribution in [0.5, 0.6) is 0 Å². The minimum atomic E-state index is -0.139. The first-order valence-electron chi connectivity index (χ1n) is 6.04. The molecule has 0 spiro atoms. The molecular weight excluding hydrogens is 200 g/mol. The topological polar surface area (TPSA) is 26.3 Å². The Bertz CT molecular complexity index is 239. The van der Waals surface area contributed by atoms with Gasteiger partial charge in [0.1, 0.15) is 5.76 Å². The number of esters is 1. The Morgan fingerprint density at radius 2 is 2.06 bits per heavy atom. The predicted octanol–water partition coefficient (Wildman–Crippen LogP) is 4.23. The number of carbonyl (C=O) groups is 1. The van der Waals surface area contributed by atoms with Crippen LogP contribution in [0.4, 0.5) is 0 Å². The lowest BCUT2D eigenvalue weighted by atomic mass is 10.1. The van der Waals surface area contributed by atoms with E-state index in [0.29, 0.717) is 12.3 Å². The summed E-state index contributed by atoms with van der Waals surface area (Å²) in [6.45, 7) is 9.82. The Labute approximate surface area is 99.4 Å². The summed E-state index contributed by atoms with van der Waals surface area (Å²) in [4.78, 5) is 11.3. The fourth-order valence-corrected chi connectivity index (χ4v) is 1.28. The van der Waals surface area contributed by atoms with Gasteiger partial charge in [-0.25, -0.2) is 0 Å². The summed E-state index contributed by atoms with van der Waals surface area (Å²) in [6, 6.07) is 0. The second-order valence-corrected chi connectivity index (χ2v) is 4.44. The number of ether oxygens (including phenoxy) is 1. The third-order valence-electron chi connectivity index (χ3n) is 2.24. The quantitative estimate of drug-likeness (QED) is 0.267. The summed E-state index contributed by atoms with van der Waals surface area (Å²) in [5.74, 6) is 1.27. The number of rotatable bonds is 8.